The van der Waals surface area contributed by atoms with Gasteiger partial charge in [-0.2, -0.15) is 0 Å². The zero-order chi connectivity index (χ0) is 8.10. The van der Waals surface area contributed by atoms with Crippen LogP contribution in [-0.4, -0.2) is 0 Å². The maximum absolute atomic E-state index is 3.71. The molecular formula is C11H10. The molecular weight excluding hydrogens is 132 g/mol. The van der Waals surface area contributed by atoms with Crippen LogP contribution < -0.4 is 0 Å². The van der Waals surface area contributed by atoms with Crippen molar-refractivity contribution in [3.05, 3.63) is 66.5 Å². The van der Waals surface area contributed by atoms with E-state index in [0.29, 0.717) is 0 Å². The molecule has 0 radical (unpaired) electrons. The predicted molar refractivity (Wildman–Crippen MR) is 49.2 cm³/mol. The molecule has 0 atom stereocenters. The third-order valence-electron chi connectivity index (χ3n) is 1.49. The number of hydrogen-bond acceptors (Lipinski definition) is 0. The molecule has 0 aromatic rings. The van der Waals surface area contributed by atoms with Gasteiger partial charge in [0.25, 0.3) is 0 Å². The second kappa shape index (κ2) is 3.60. The van der Waals surface area contributed by atoms with Crippen molar-refractivity contribution in [3.63, 3.8) is 0 Å². The summed E-state index contributed by atoms with van der Waals surface area (Å²) < 4.78 is 0. The first-order valence-electron chi connectivity index (χ1n) is 3.47. The summed E-state index contributed by atoms with van der Waals surface area (Å²) in [6.07, 6.45) is 11.3. The van der Waals surface area contributed by atoms with Gasteiger partial charge in [-0.3, -0.25) is 0 Å². The molecule has 0 unspecified atom stereocenters. The van der Waals surface area contributed by atoms with Gasteiger partial charge in [-0.1, -0.05) is 25.3 Å². The average molecular weight is 142 g/mol. The van der Waals surface area contributed by atoms with Crippen LogP contribution in [0, 0.1) is 0 Å². The topological polar surface area (TPSA) is 0 Å². The number of rotatable bonds is 2. The van der Waals surface area contributed by atoms with Gasteiger partial charge < -0.3 is 0 Å². The summed E-state index contributed by atoms with van der Waals surface area (Å²) in [5.74, 6) is 0. The molecule has 0 saturated carbocycles. The Kier molecular flexibility index (Phi) is 2.48. The van der Waals surface area contributed by atoms with E-state index in [4.69, 9.17) is 0 Å². The highest BCUT2D eigenvalue weighted by atomic mass is 14.0. The van der Waals surface area contributed by atoms with E-state index < -0.39 is 0 Å². The highest BCUT2D eigenvalue weighted by Crippen LogP contribution is 2.13. The molecule has 54 valence electrons. The lowest BCUT2D eigenvalue weighted by Crippen LogP contribution is -1.79. The monoisotopic (exact) mass is 142 g/mol. The van der Waals surface area contributed by atoms with Crippen molar-refractivity contribution in [1.29, 1.82) is 0 Å². The molecule has 0 aromatic carbocycles. The van der Waals surface area contributed by atoms with Gasteiger partial charge in [0.2, 0.25) is 0 Å². The lowest BCUT2D eigenvalue weighted by Gasteiger charge is -1.98. The first-order valence-corrected chi connectivity index (χ1v) is 3.47. The second-order valence-corrected chi connectivity index (χ2v) is 2.15. The molecule has 0 nitrogen and oxygen atoms in total. The Balaban J connectivity index is 3.10. The quantitative estimate of drug-likeness (QED) is 0.520. The maximum Gasteiger partial charge on any atom is -0.0184 e. The molecule has 0 heteroatoms. The Morgan fingerprint density at radius 2 is 1.45 bits per heavy atom. The second-order valence-electron chi connectivity index (χ2n) is 2.15. The summed E-state index contributed by atoms with van der Waals surface area (Å²) in [7, 11) is 0. The third-order valence-corrected chi connectivity index (χ3v) is 1.49. The summed E-state index contributed by atoms with van der Waals surface area (Å²) >= 11 is 0. The Labute approximate surface area is 67.2 Å². The van der Waals surface area contributed by atoms with Crippen molar-refractivity contribution >= 4 is 0 Å². The standard InChI is InChI=1S/C11H10/c1-3-10-8-6-5-7-9-11(10)4-2/h3-4,6-9H,1-2H2. The van der Waals surface area contributed by atoms with Gasteiger partial charge >= 0.3 is 0 Å². The van der Waals surface area contributed by atoms with Gasteiger partial charge in [-0.25, -0.2) is 0 Å². The largest absolute Gasteiger partial charge is 0.121 e. The van der Waals surface area contributed by atoms with Gasteiger partial charge in [0.1, 0.15) is 0 Å². The van der Waals surface area contributed by atoms with Crippen LogP contribution in [0.2, 0.25) is 0 Å². The van der Waals surface area contributed by atoms with Gasteiger partial charge in [-0.15, -0.1) is 5.73 Å². The van der Waals surface area contributed by atoms with Crippen LogP contribution in [0.1, 0.15) is 0 Å². The fourth-order valence-electron chi connectivity index (χ4n) is 0.896. The first-order chi connectivity index (χ1) is 5.38. The summed E-state index contributed by atoms with van der Waals surface area (Å²) in [6.45, 7) is 7.41. The minimum atomic E-state index is 1.08. The van der Waals surface area contributed by atoms with Crippen LogP contribution in [0.5, 0.6) is 0 Å². The number of hydrogen-bond donors (Lipinski definition) is 0. The molecule has 11 heavy (non-hydrogen) atoms. The van der Waals surface area contributed by atoms with Crippen LogP contribution in [0.15, 0.2) is 66.5 Å². The fraction of sp³-hybridized carbons (Fsp3) is 0. The van der Waals surface area contributed by atoms with Crippen molar-refractivity contribution in [2.75, 3.05) is 0 Å². The van der Waals surface area contributed by atoms with E-state index in [9.17, 15) is 0 Å². The molecule has 0 spiro atoms. The van der Waals surface area contributed by atoms with E-state index in [2.05, 4.69) is 18.9 Å². The van der Waals surface area contributed by atoms with Gasteiger partial charge in [0.05, 0.1) is 0 Å². The molecule has 0 saturated heterocycles. The average Bonchev–Trinajstić information content (AvgIpc) is 2.27. The highest BCUT2D eigenvalue weighted by Gasteiger charge is 1.94. The van der Waals surface area contributed by atoms with E-state index in [0.717, 1.165) is 11.1 Å². The molecule has 1 rings (SSSR count). The van der Waals surface area contributed by atoms with Crippen LogP contribution in [0.25, 0.3) is 0 Å². The Hall–Kier alpha value is -1.52. The first kappa shape index (κ1) is 7.59. The van der Waals surface area contributed by atoms with Gasteiger partial charge in [-0.05, 0) is 35.5 Å². The van der Waals surface area contributed by atoms with Gasteiger partial charge in [0.15, 0.2) is 0 Å². The van der Waals surface area contributed by atoms with Crippen molar-refractivity contribution in [2.45, 2.75) is 0 Å². The Bertz CT molecular complexity index is 264. The molecule has 0 aliphatic heterocycles. The summed E-state index contributed by atoms with van der Waals surface area (Å²) in [4.78, 5) is 0. The van der Waals surface area contributed by atoms with E-state index in [1.807, 2.05) is 36.5 Å². The van der Waals surface area contributed by atoms with Crippen LogP contribution in [0.3, 0.4) is 0 Å². The van der Waals surface area contributed by atoms with E-state index in [1.54, 1.807) is 0 Å². The normalized spacial score (nSPS) is 14.9. The van der Waals surface area contributed by atoms with E-state index in [1.165, 1.54) is 0 Å². The summed E-state index contributed by atoms with van der Waals surface area (Å²) in [5, 5.41) is 0. The SMILES string of the molecule is C=CC1=CC=C=CC=C1C=C. The molecule has 0 aromatic heterocycles. The lowest BCUT2D eigenvalue weighted by molar-refractivity contribution is 1.57. The lowest BCUT2D eigenvalue weighted by atomic mass is 10.1. The van der Waals surface area contributed by atoms with E-state index in [-0.39, 0.29) is 0 Å². The number of allylic oxidation sites excluding steroid dienone is 7. The molecule has 0 fully saturated rings. The molecule has 0 heterocycles. The van der Waals surface area contributed by atoms with E-state index >= 15 is 0 Å². The third kappa shape index (κ3) is 1.70. The van der Waals surface area contributed by atoms with Crippen LogP contribution in [0.4, 0.5) is 0 Å². The summed E-state index contributed by atoms with van der Waals surface area (Å²) in [5.41, 5.74) is 5.15. The Morgan fingerprint density at radius 1 is 1.00 bits per heavy atom. The zero-order valence-electron chi connectivity index (χ0n) is 6.38. The van der Waals surface area contributed by atoms with Crippen molar-refractivity contribution < 1.29 is 0 Å². The molecule has 0 bridgehead atoms. The predicted octanol–water partition coefficient (Wildman–Crippen LogP) is 2.94. The molecule has 1 aliphatic rings. The smallest absolute Gasteiger partial charge is 0.0184 e. The van der Waals surface area contributed by atoms with Crippen LogP contribution >= 0.6 is 0 Å². The van der Waals surface area contributed by atoms with Crippen LogP contribution in [-0.2, 0) is 0 Å². The fourth-order valence-corrected chi connectivity index (χ4v) is 0.896. The molecule has 0 amide bonds. The minimum absolute atomic E-state index is 1.08. The van der Waals surface area contributed by atoms with Crippen molar-refractivity contribution in [1.82, 2.24) is 0 Å². The Morgan fingerprint density at radius 3 is 1.82 bits per heavy atom. The van der Waals surface area contributed by atoms with Gasteiger partial charge in [0, 0.05) is 0 Å². The maximum atomic E-state index is 3.71. The summed E-state index contributed by atoms with van der Waals surface area (Å²) in [6, 6.07) is 0. The molecule has 1 aliphatic carbocycles. The van der Waals surface area contributed by atoms with Crippen molar-refractivity contribution in [3.8, 4) is 0 Å². The highest BCUT2D eigenvalue weighted by molar-refractivity contribution is 5.49. The minimum Gasteiger partial charge on any atom is -0.121 e. The van der Waals surface area contributed by atoms with Crippen molar-refractivity contribution in [2.24, 2.45) is 0 Å². The molecule has 0 N–H and O–H groups in total. The zero-order valence-corrected chi connectivity index (χ0v) is 6.38.